The molecule has 0 radical (unpaired) electrons. The van der Waals surface area contributed by atoms with Gasteiger partial charge >= 0.3 is 0 Å². The third-order valence-electron chi connectivity index (χ3n) is 4.00. The molecule has 0 aromatic carbocycles. The summed E-state index contributed by atoms with van der Waals surface area (Å²) in [7, 11) is 1.88. The number of thiophene rings is 1. The van der Waals surface area contributed by atoms with Gasteiger partial charge in [-0.2, -0.15) is 4.98 Å². The highest BCUT2D eigenvalue weighted by Crippen LogP contribution is 2.34. The maximum Gasteiger partial charge on any atom is 0.225 e. The van der Waals surface area contributed by atoms with E-state index < -0.39 is 0 Å². The number of aromatic nitrogens is 2. The van der Waals surface area contributed by atoms with Gasteiger partial charge in [-0.05, 0) is 31.7 Å². The second-order valence-corrected chi connectivity index (χ2v) is 6.82. The number of aryl methyl sites for hydroxylation is 1. The molecule has 1 atom stereocenters. The third kappa shape index (κ3) is 2.46. The van der Waals surface area contributed by atoms with Gasteiger partial charge in [-0.15, -0.1) is 11.3 Å². The van der Waals surface area contributed by atoms with Crippen molar-refractivity contribution < 1.29 is 0 Å². The molecular weight excluding hydrogens is 268 g/mol. The summed E-state index contributed by atoms with van der Waals surface area (Å²) in [6.45, 7) is 6.67. The molecule has 1 fully saturated rings. The van der Waals surface area contributed by atoms with Gasteiger partial charge in [0, 0.05) is 25.0 Å². The van der Waals surface area contributed by atoms with E-state index in [9.17, 15) is 0 Å². The van der Waals surface area contributed by atoms with Crippen molar-refractivity contribution in [2.24, 2.45) is 5.92 Å². The molecule has 1 N–H and O–H groups in total. The molecule has 3 rings (SSSR count). The van der Waals surface area contributed by atoms with Crippen LogP contribution in [0.25, 0.3) is 10.2 Å². The fourth-order valence-electron chi connectivity index (χ4n) is 3.05. The molecule has 0 spiro atoms. The quantitative estimate of drug-likeness (QED) is 0.933. The standard InChI is InChI=1S/C15H22N4S/c1-4-5-11-6-7-19(9-11)13-12-8-10(2)20-14(12)18-15(16-3)17-13/h8,11H,4-7,9H2,1-3H3,(H,16,17,18). The summed E-state index contributed by atoms with van der Waals surface area (Å²) in [5.74, 6) is 2.67. The zero-order valence-corrected chi connectivity index (χ0v) is 13.3. The minimum Gasteiger partial charge on any atom is -0.357 e. The van der Waals surface area contributed by atoms with Crippen LogP contribution in [0.2, 0.25) is 0 Å². The number of nitrogens with one attached hydrogen (secondary N) is 1. The van der Waals surface area contributed by atoms with Crippen LogP contribution in [0.4, 0.5) is 11.8 Å². The van der Waals surface area contributed by atoms with E-state index in [0.717, 1.165) is 35.6 Å². The Morgan fingerprint density at radius 2 is 2.30 bits per heavy atom. The van der Waals surface area contributed by atoms with Crippen molar-refractivity contribution in [3.63, 3.8) is 0 Å². The zero-order chi connectivity index (χ0) is 14.1. The van der Waals surface area contributed by atoms with E-state index in [1.54, 1.807) is 11.3 Å². The highest BCUT2D eigenvalue weighted by atomic mass is 32.1. The van der Waals surface area contributed by atoms with Crippen LogP contribution < -0.4 is 10.2 Å². The average Bonchev–Trinajstić information content (AvgIpc) is 3.03. The molecule has 1 unspecified atom stereocenters. The van der Waals surface area contributed by atoms with E-state index in [1.165, 1.54) is 29.5 Å². The molecule has 0 saturated carbocycles. The van der Waals surface area contributed by atoms with E-state index in [0.29, 0.717) is 0 Å². The first-order valence-electron chi connectivity index (χ1n) is 7.42. The largest absolute Gasteiger partial charge is 0.357 e. The highest BCUT2D eigenvalue weighted by molar-refractivity contribution is 7.18. The van der Waals surface area contributed by atoms with E-state index in [-0.39, 0.29) is 0 Å². The van der Waals surface area contributed by atoms with Crippen molar-refractivity contribution in [1.29, 1.82) is 0 Å². The normalized spacial score (nSPS) is 18.9. The molecule has 2 aromatic rings. The van der Waals surface area contributed by atoms with Gasteiger partial charge in [0.1, 0.15) is 10.6 Å². The fraction of sp³-hybridized carbons (Fsp3) is 0.600. The molecule has 108 valence electrons. The molecule has 20 heavy (non-hydrogen) atoms. The number of fused-ring (bicyclic) bond motifs is 1. The summed E-state index contributed by atoms with van der Waals surface area (Å²) in [4.78, 5) is 14.1. The minimum absolute atomic E-state index is 0.730. The third-order valence-corrected chi connectivity index (χ3v) is 4.95. The van der Waals surface area contributed by atoms with E-state index >= 15 is 0 Å². The number of hydrogen-bond acceptors (Lipinski definition) is 5. The van der Waals surface area contributed by atoms with Crippen molar-refractivity contribution >= 4 is 33.3 Å². The summed E-state index contributed by atoms with van der Waals surface area (Å²) >= 11 is 1.75. The Hall–Kier alpha value is -1.36. The lowest BCUT2D eigenvalue weighted by molar-refractivity contribution is 0.529. The second kappa shape index (κ2) is 5.56. The van der Waals surface area contributed by atoms with Crippen LogP contribution in [0.15, 0.2) is 6.07 Å². The Morgan fingerprint density at radius 1 is 1.45 bits per heavy atom. The topological polar surface area (TPSA) is 41.1 Å². The van der Waals surface area contributed by atoms with Crippen LogP contribution in [0.1, 0.15) is 31.1 Å². The highest BCUT2D eigenvalue weighted by Gasteiger charge is 2.25. The molecule has 1 aliphatic heterocycles. The van der Waals surface area contributed by atoms with Crippen LogP contribution in [-0.4, -0.2) is 30.1 Å². The van der Waals surface area contributed by atoms with Gasteiger partial charge in [0.25, 0.3) is 0 Å². The number of hydrogen-bond donors (Lipinski definition) is 1. The van der Waals surface area contributed by atoms with Gasteiger partial charge in [0.15, 0.2) is 0 Å². The summed E-state index contributed by atoms with van der Waals surface area (Å²) in [6, 6.07) is 2.22. The lowest BCUT2D eigenvalue weighted by Gasteiger charge is -2.19. The molecular formula is C15H22N4S. The molecule has 1 aliphatic rings. The fourth-order valence-corrected chi connectivity index (χ4v) is 3.92. The number of nitrogens with zero attached hydrogens (tertiary/aromatic N) is 3. The van der Waals surface area contributed by atoms with Crippen LogP contribution >= 0.6 is 11.3 Å². The van der Waals surface area contributed by atoms with E-state index in [2.05, 4.69) is 35.1 Å². The maximum absolute atomic E-state index is 4.72. The average molecular weight is 290 g/mol. The van der Waals surface area contributed by atoms with Crippen molar-refractivity contribution in [2.75, 3.05) is 30.4 Å². The number of anilines is 2. The summed E-state index contributed by atoms with van der Waals surface area (Å²) in [5, 5.41) is 4.30. The lowest BCUT2D eigenvalue weighted by Crippen LogP contribution is -2.21. The van der Waals surface area contributed by atoms with Crippen molar-refractivity contribution in [3.8, 4) is 0 Å². The van der Waals surface area contributed by atoms with Gasteiger partial charge in [0.05, 0.1) is 5.39 Å². The SMILES string of the molecule is CCCC1CCN(c2nc(NC)nc3sc(C)cc23)C1. The molecule has 0 amide bonds. The Labute approximate surface area is 124 Å². The van der Waals surface area contributed by atoms with Crippen molar-refractivity contribution in [1.82, 2.24) is 9.97 Å². The second-order valence-electron chi connectivity index (χ2n) is 5.59. The Morgan fingerprint density at radius 3 is 3.05 bits per heavy atom. The zero-order valence-electron chi connectivity index (χ0n) is 12.4. The predicted octanol–water partition coefficient (Wildman–Crippen LogP) is 3.67. The number of rotatable bonds is 4. The monoisotopic (exact) mass is 290 g/mol. The Kier molecular flexibility index (Phi) is 3.78. The van der Waals surface area contributed by atoms with Gasteiger partial charge in [-0.1, -0.05) is 13.3 Å². The van der Waals surface area contributed by atoms with E-state index in [4.69, 9.17) is 4.98 Å². The van der Waals surface area contributed by atoms with Crippen molar-refractivity contribution in [2.45, 2.75) is 33.1 Å². The van der Waals surface area contributed by atoms with E-state index in [1.807, 2.05) is 7.05 Å². The lowest BCUT2D eigenvalue weighted by atomic mass is 10.0. The molecule has 0 bridgehead atoms. The minimum atomic E-state index is 0.730. The van der Waals surface area contributed by atoms with Gasteiger partial charge < -0.3 is 10.2 Å². The molecule has 1 saturated heterocycles. The first-order chi connectivity index (χ1) is 9.71. The summed E-state index contributed by atoms with van der Waals surface area (Å²) in [6.07, 6.45) is 3.89. The predicted molar refractivity (Wildman–Crippen MR) is 86.9 cm³/mol. The maximum atomic E-state index is 4.72. The molecule has 0 aliphatic carbocycles. The van der Waals surface area contributed by atoms with Crippen LogP contribution in [-0.2, 0) is 0 Å². The molecule has 3 heterocycles. The first-order valence-corrected chi connectivity index (χ1v) is 8.23. The van der Waals surface area contributed by atoms with Crippen molar-refractivity contribution in [3.05, 3.63) is 10.9 Å². The van der Waals surface area contributed by atoms with Gasteiger partial charge in [-0.25, -0.2) is 4.98 Å². The van der Waals surface area contributed by atoms with Crippen LogP contribution in [0.5, 0.6) is 0 Å². The van der Waals surface area contributed by atoms with Crippen LogP contribution in [0, 0.1) is 12.8 Å². The summed E-state index contributed by atoms with van der Waals surface area (Å²) < 4.78 is 0. The first kappa shape index (κ1) is 13.6. The molecule has 2 aromatic heterocycles. The van der Waals surface area contributed by atoms with Gasteiger partial charge in [0.2, 0.25) is 5.95 Å². The Balaban J connectivity index is 1.97. The summed E-state index contributed by atoms with van der Waals surface area (Å²) in [5.41, 5.74) is 0. The Bertz CT molecular complexity index is 607. The molecule has 5 heteroatoms. The van der Waals surface area contributed by atoms with Crippen LogP contribution in [0.3, 0.4) is 0 Å². The molecule has 4 nitrogen and oxygen atoms in total. The smallest absolute Gasteiger partial charge is 0.225 e. The van der Waals surface area contributed by atoms with Gasteiger partial charge in [-0.3, -0.25) is 0 Å².